The van der Waals surface area contributed by atoms with E-state index in [2.05, 4.69) is 10.3 Å². The first kappa shape index (κ1) is 21.4. The highest BCUT2D eigenvalue weighted by atomic mass is 32.1. The molecule has 0 radical (unpaired) electrons. The van der Waals surface area contributed by atoms with E-state index in [1.165, 1.54) is 4.57 Å². The third kappa shape index (κ3) is 3.21. The second kappa shape index (κ2) is 7.95. The molecule has 0 saturated carbocycles. The largest absolute Gasteiger partial charge is 0.463 e. The number of carbonyl (C=O) groups excluding carboxylic acids is 2. The zero-order chi connectivity index (χ0) is 24.3. The summed E-state index contributed by atoms with van der Waals surface area (Å²) < 4.78 is 18.0. The fraction of sp³-hybridized carbons (Fsp3) is 0.200. The van der Waals surface area contributed by atoms with E-state index < -0.39 is 17.6 Å². The van der Waals surface area contributed by atoms with Gasteiger partial charge in [-0.3, -0.25) is 14.2 Å². The molecule has 1 N–H and O–H groups in total. The molecule has 3 aliphatic heterocycles. The number of hydrogen-bond acceptors (Lipinski definition) is 8. The Labute approximate surface area is 202 Å². The number of hydrogen-bond donors (Lipinski definition) is 1. The van der Waals surface area contributed by atoms with Gasteiger partial charge >= 0.3 is 5.97 Å². The van der Waals surface area contributed by atoms with Gasteiger partial charge in [-0.25, -0.2) is 9.79 Å². The number of nitrogens with zero attached hydrogens (tertiary/aromatic N) is 2. The third-order valence-electron chi connectivity index (χ3n) is 6.10. The lowest BCUT2D eigenvalue weighted by Gasteiger charge is -2.24. The van der Waals surface area contributed by atoms with Crippen LogP contribution in [0.4, 0.5) is 5.69 Å². The number of ether oxygens (including phenoxy) is 3. The molecular formula is C25H19N3O6S. The quantitative estimate of drug-likeness (QED) is 0.563. The molecule has 4 heterocycles. The summed E-state index contributed by atoms with van der Waals surface area (Å²) in [5.74, 6) is 0.200. The molecule has 3 aromatic rings. The summed E-state index contributed by atoms with van der Waals surface area (Å²) in [7, 11) is 0. The van der Waals surface area contributed by atoms with Crippen LogP contribution in [0.5, 0.6) is 11.5 Å². The van der Waals surface area contributed by atoms with Crippen LogP contribution in [-0.2, 0) is 14.3 Å². The summed E-state index contributed by atoms with van der Waals surface area (Å²) in [5.41, 5.74) is 2.53. The van der Waals surface area contributed by atoms with Crippen molar-refractivity contribution in [1.82, 2.24) is 4.57 Å². The first-order valence-electron chi connectivity index (χ1n) is 11.0. The summed E-state index contributed by atoms with van der Waals surface area (Å²) in [6.45, 7) is 3.70. The molecule has 176 valence electrons. The van der Waals surface area contributed by atoms with Gasteiger partial charge in [-0.2, -0.15) is 0 Å². The fourth-order valence-corrected chi connectivity index (χ4v) is 5.73. The van der Waals surface area contributed by atoms with Crippen molar-refractivity contribution < 1.29 is 23.8 Å². The van der Waals surface area contributed by atoms with E-state index >= 15 is 0 Å². The normalized spacial score (nSPS) is 19.1. The molecule has 0 saturated heterocycles. The first-order chi connectivity index (χ1) is 17.0. The molecule has 0 aliphatic carbocycles. The van der Waals surface area contributed by atoms with Gasteiger partial charge in [-0.05, 0) is 37.6 Å². The van der Waals surface area contributed by atoms with Gasteiger partial charge in [0.1, 0.15) is 4.53 Å². The van der Waals surface area contributed by atoms with Crippen molar-refractivity contribution in [3.05, 3.63) is 84.5 Å². The highest BCUT2D eigenvalue weighted by Crippen LogP contribution is 2.38. The van der Waals surface area contributed by atoms with E-state index in [-0.39, 0.29) is 29.4 Å². The smallest absolute Gasteiger partial charge is 0.338 e. The maximum absolute atomic E-state index is 13.9. The van der Waals surface area contributed by atoms with Gasteiger partial charge in [0.05, 0.1) is 29.5 Å². The van der Waals surface area contributed by atoms with Crippen molar-refractivity contribution in [2.75, 3.05) is 18.7 Å². The number of carbonyl (C=O) groups is 2. The van der Waals surface area contributed by atoms with E-state index in [1.54, 1.807) is 44.2 Å². The summed E-state index contributed by atoms with van der Waals surface area (Å²) in [6, 6.07) is 11.7. The van der Waals surface area contributed by atoms with E-state index in [9.17, 15) is 14.4 Å². The average molecular weight is 490 g/mol. The summed E-state index contributed by atoms with van der Waals surface area (Å²) in [4.78, 5) is 44.8. The zero-order valence-corrected chi connectivity index (χ0v) is 19.6. The van der Waals surface area contributed by atoms with Gasteiger partial charge in [0.2, 0.25) is 6.79 Å². The maximum Gasteiger partial charge on any atom is 0.338 e. The van der Waals surface area contributed by atoms with E-state index in [1.807, 2.05) is 12.1 Å². The van der Waals surface area contributed by atoms with Gasteiger partial charge in [0, 0.05) is 11.3 Å². The first-order valence-corrected chi connectivity index (χ1v) is 11.8. The monoisotopic (exact) mass is 489 g/mol. The van der Waals surface area contributed by atoms with E-state index in [0.717, 1.165) is 11.3 Å². The van der Waals surface area contributed by atoms with Crippen LogP contribution in [0.15, 0.2) is 63.5 Å². The lowest BCUT2D eigenvalue weighted by atomic mass is 9.95. The summed E-state index contributed by atoms with van der Waals surface area (Å²) >= 11 is 1.12. The van der Waals surface area contributed by atoms with E-state index in [0.29, 0.717) is 44.4 Å². The predicted molar refractivity (Wildman–Crippen MR) is 127 cm³/mol. The standard InChI is InChI=1S/C25H19N3O6S/c1-3-32-24(31)18-12(2)26-25-28(20(18)13-8-9-16-17(10-13)34-11-33-16)23(30)21(35-25)19-14-6-4-5-7-15(14)27-22(19)29/h4-10,20H,3,11H2,1-2H3,(H,27,29)/b21-19+/t20-/m1/s1. The van der Waals surface area contributed by atoms with Gasteiger partial charge < -0.3 is 19.5 Å². The SMILES string of the molecule is CCOC(=O)C1=C(C)N=c2s/c(=C3/C(=O)Nc4ccccc43)c(=O)n2[C@@H]1c1ccc2c(c1)OCO2. The minimum absolute atomic E-state index is 0.0963. The van der Waals surface area contributed by atoms with Crippen LogP contribution in [0.3, 0.4) is 0 Å². The zero-order valence-electron chi connectivity index (χ0n) is 18.8. The van der Waals surface area contributed by atoms with Gasteiger partial charge in [0.15, 0.2) is 16.3 Å². The number of allylic oxidation sites excluding steroid dienone is 1. The highest BCUT2D eigenvalue weighted by molar-refractivity contribution is 7.07. The number of amides is 1. The number of rotatable bonds is 3. The fourth-order valence-electron chi connectivity index (χ4n) is 4.58. The van der Waals surface area contributed by atoms with Crippen LogP contribution >= 0.6 is 11.3 Å². The van der Waals surface area contributed by atoms with Crippen molar-refractivity contribution in [3.63, 3.8) is 0 Å². The molecule has 2 aromatic carbocycles. The molecule has 1 aromatic heterocycles. The number of nitrogens with one attached hydrogen (secondary N) is 1. The molecule has 10 heteroatoms. The van der Waals surface area contributed by atoms with Crippen LogP contribution in [0, 0.1) is 0 Å². The van der Waals surface area contributed by atoms with Crippen molar-refractivity contribution in [3.8, 4) is 11.5 Å². The van der Waals surface area contributed by atoms with Crippen LogP contribution in [0.1, 0.15) is 31.0 Å². The Morgan fingerprint density at radius 1 is 1.20 bits per heavy atom. The second-order valence-electron chi connectivity index (χ2n) is 8.11. The minimum Gasteiger partial charge on any atom is -0.463 e. The Kier molecular flexibility index (Phi) is 4.85. The number of aromatic nitrogens is 1. The molecular weight excluding hydrogens is 470 g/mol. The molecule has 1 amide bonds. The number of anilines is 1. The molecule has 6 rings (SSSR count). The predicted octanol–water partition coefficient (Wildman–Crippen LogP) is 1.85. The number of para-hydroxylation sites is 1. The van der Waals surface area contributed by atoms with Crippen molar-refractivity contribution >= 4 is 34.5 Å². The van der Waals surface area contributed by atoms with Crippen LogP contribution < -0.4 is 29.7 Å². The van der Waals surface area contributed by atoms with Crippen molar-refractivity contribution in [2.45, 2.75) is 19.9 Å². The molecule has 0 fully saturated rings. The summed E-state index contributed by atoms with van der Waals surface area (Å²) in [6.07, 6.45) is 0. The van der Waals surface area contributed by atoms with E-state index in [4.69, 9.17) is 14.2 Å². The number of fused-ring (bicyclic) bond motifs is 3. The lowest BCUT2D eigenvalue weighted by Crippen LogP contribution is -2.40. The second-order valence-corrected chi connectivity index (χ2v) is 9.09. The number of benzene rings is 2. The lowest BCUT2D eigenvalue weighted by molar-refractivity contribution is -0.139. The summed E-state index contributed by atoms with van der Waals surface area (Å²) in [5, 5.41) is 2.81. The Hall–Kier alpha value is -4.18. The molecule has 0 spiro atoms. The van der Waals surface area contributed by atoms with Gasteiger partial charge in [0.25, 0.3) is 11.5 Å². The Morgan fingerprint density at radius 2 is 2.00 bits per heavy atom. The van der Waals surface area contributed by atoms with Crippen molar-refractivity contribution in [1.29, 1.82) is 0 Å². The number of esters is 1. The topological polar surface area (TPSA) is 108 Å². The molecule has 0 bridgehead atoms. The average Bonchev–Trinajstić information content (AvgIpc) is 3.52. The highest BCUT2D eigenvalue weighted by Gasteiger charge is 2.35. The van der Waals surface area contributed by atoms with Crippen LogP contribution in [-0.4, -0.2) is 29.8 Å². The molecule has 0 unspecified atom stereocenters. The Morgan fingerprint density at radius 3 is 2.83 bits per heavy atom. The Bertz CT molecular complexity index is 1650. The van der Waals surface area contributed by atoms with Gasteiger partial charge in [-0.1, -0.05) is 35.6 Å². The molecule has 9 nitrogen and oxygen atoms in total. The minimum atomic E-state index is -0.811. The van der Waals surface area contributed by atoms with Gasteiger partial charge in [-0.15, -0.1) is 0 Å². The van der Waals surface area contributed by atoms with Crippen molar-refractivity contribution in [2.24, 2.45) is 4.99 Å². The molecule has 1 atom stereocenters. The molecule has 3 aliphatic rings. The maximum atomic E-state index is 13.9. The van der Waals surface area contributed by atoms with Crippen LogP contribution in [0.25, 0.3) is 5.57 Å². The third-order valence-corrected chi connectivity index (χ3v) is 7.16. The number of thiazole rings is 1. The molecule has 35 heavy (non-hydrogen) atoms. The Balaban J connectivity index is 1.64. The van der Waals surface area contributed by atoms with Crippen LogP contribution in [0.2, 0.25) is 0 Å².